The average molecular weight is 340 g/mol. The lowest BCUT2D eigenvalue weighted by molar-refractivity contribution is -0.129. The Morgan fingerprint density at radius 1 is 1.36 bits per heavy atom. The molecule has 2 aromatic rings. The maximum atomic E-state index is 12.8. The van der Waals surface area contributed by atoms with Crippen LogP contribution in [0.4, 0.5) is 5.82 Å². The van der Waals surface area contributed by atoms with Crippen LogP contribution in [0.25, 0.3) is 0 Å². The van der Waals surface area contributed by atoms with Crippen LogP contribution in [0.3, 0.4) is 0 Å². The van der Waals surface area contributed by atoms with Crippen LogP contribution in [0.1, 0.15) is 30.9 Å². The first-order chi connectivity index (χ1) is 12.2. The molecule has 0 spiro atoms. The van der Waals surface area contributed by atoms with Crippen molar-refractivity contribution in [3.63, 3.8) is 0 Å². The number of carbonyl (C=O) groups excluding carboxylic acids is 2. The van der Waals surface area contributed by atoms with Gasteiger partial charge in [-0.15, -0.1) is 0 Å². The highest BCUT2D eigenvalue weighted by atomic mass is 16.5. The van der Waals surface area contributed by atoms with E-state index in [0.717, 1.165) is 24.2 Å². The number of carbonyl (C=O) groups is 2. The number of rotatable bonds is 5. The molecule has 2 heterocycles. The quantitative estimate of drug-likeness (QED) is 0.873. The summed E-state index contributed by atoms with van der Waals surface area (Å²) in [5.41, 5.74) is 0.932. The van der Waals surface area contributed by atoms with Gasteiger partial charge >= 0.3 is 0 Å². The largest absolute Gasteiger partial charge is 0.497 e. The second-order valence-electron chi connectivity index (χ2n) is 6.52. The Labute approximate surface area is 145 Å². The monoisotopic (exact) mass is 340 g/mol. The number of H-pyrrole nitrogens is 1. The number of amides is 2. The van der Waals surface area contributed by atoms with E-state index in [1.165, 1.54) is 0 Å². The van der Waals surface area contributed by atoms with Crippen molar-refractivity contribution in [3.05, 3.63) is 42.1 Å². The third-order valence-corrected chi connectivity index (χ3v) is 4.83. The number of hydrogen-bond acceptors (Lipinski definition) is 4. The van der Waals surface area contributed by atoms with Crippen LogP contribution in [0.15, 0.2) is 36.5 Å². The summed E-state index contributed by atoms with van der Waals surface area (Å²) < 4.78 is 5.32. The van der Waals surface area contributed by atoms with Crippen molar-refractivity contribution in [2.75, 3.05) is 12.4 Å². The summed E-state index contributed by atoms with van der Waals surface area (Å²) in [4.78, 5) is 27.3. The Kier molecular flexibility index (Phi) is 3.91. The van der Waals surface area contributed by atoms with Crippen LogP contribution >= 0.6 is 0 Å². The van der Waals surface area contributed by atoms with Crippen LogP contribution < -0.4 is 10.1 Å². The van der Waals surface area contributed by atoms with Crippen molar-refractivity contribution in [2.45, 2.75) is 31.3 Å². The van der Waals surface area contributed by atoms with E-state index in [9.17, 15) is 9.59 Å². The normalized spacial score (nSPS) is 22.9. The number of benzene rings is 1. The standard InChI is InChI=1S/C18H20N4O3/c1-25-13-4-2-3-11(9-13)17-14(10-16(23)22(17)12-5-6-12)18(24)20-15-7-8-19-21-15/h2-4,7-9,12,14,17H,5-6,10H2,1H3,(H2,19,20,21,24)/t14-,17-/m0/s1. The van der Waals surface area contributed by atoms with Crippen molar-refractivity contribution in [2.24, 2.45) is 5.92 Å². The molecule has 7 heteroatoms. The highest BCUT2D eigenvalue weighted by Crippen LogP contribution is 2.45. The molecule has 0 bridgehead atoms. The zero-order valence-corrected chi connectivity index (χ0v) is 13.9. The average Bonchev–Trinajstić information content (AvgIpc) is 3.21. The molecule has 1 saturated heterocycles. The molecule has 2 atom stereocenters. The van der Waals surface area contributed by atoms with E-state index in [1.54, 1.807) is 19.4 Å². The maximum Gasteiger partial charge on any atom is 0.231 e. The smallest absolute Gasteiger partial charge is 0.231 e. The molecule has 2 fully saturated rings. The van der Waals surface area contributed by atoms with E-state index in [0.29, 0.717) is 5.82 Å². The van der Waals surface area contributed by atoms with E-state index < -0.39 is 5.92 Å². The van der Waals surface area contributed by atoms with Crippen LogP contribution in [0.5, 0.6) is 5.75 Å². The number of anilines is 1. The molecule has 2 aliphatic rings. The second-order valence-corrected chi connectivity index (χ2v) is 6.52. The van der Waals surface area contributed by atoms with Crippen LogP contribution in [0, 0.1) is 5.92 Å². The van der Waals surface area contributed by atoms with Gasteiger partial charge in [-0.2, -0.15) is 5.10 Å². The molecule has 1 aromatic heterocycles. The molecule has 4 rings (SSSR count). The Bertz CT molecular complexity index is 785. The number of nitrogens with zero attached hydrogens (tertiary/aromatic N) is 2. The second kappa shape index (κ2) is 6.23. The number of aromatic amines is 1. The fraction of sp³-hybridized carbons (Fsp3) is 0.389. The first-order valence-electron chi connectivity index (χ1n) is 8.42. The molecular formula is C18H20N4O3. The summed E-state index contributed by atoms with van der Waals surface area (Å²) in [6.45, 7) is 0. The summed E-state index contributed by atoms with van der Waals surface area (Å²) in [6, 6.07) is 9.29. The zero-order chi connectivity index (χ0) is 17.4. The van der Waals surface area contributed by atoms with Crippen molar-refractivity contribution in [1.29, 1.82) is 0 Å². The maximum absolute atomic E-state index is 12.8. The molecule has 0 radical (unpaired) electrons. The van der Waals surface area contributed by atoms with Gasteiger partial charge in [0.15, 0.2) is 0 Å². The summed E-state index contributed by atoms with van der Waals surface area (Å²) in [5, 5.41) is 9.38. The minimum Gasteiger partial charge on any atom is -0.497 e. The van der Waals surface area contributed by atoms with E-state index in [4.69, 9.17) is 4.74 Å². The number of aromatic nitrogens is 2. The molecule has 1 aliphatic heterocycles. The van der Waals surface area contributed by atoms with Gasteiger partial charge in [0.1, 0.15) is 11.6 Å². The van der Waals surface area contributed by atoms with Gasteiger partial charge in [0.25, 0.3) is 0 Å². The summed E-state index contributed by atoms with van der Waals surface area (Å²) in [5.74, 6) is 0.684. The van der Waals surface area contributed by atoms with Crippen molar-refractivity contribution >= 4 is 17.6 Å². The van der Waals surface area contributed by atoms with Gasteiger partial charge in [0.05, 0.1) is 25.3 Å². The minimum absolute atomic E-state index is 0.0417. The van der Waals surface area contributed by atoms with E-state index in [2.05, 4.69) is 15.5 Å². The van der Waals surface area contributed by atoms with Crippen LogP contribution in [-0.4, -0.2) is 40.1 Å². The number of hydrogen-bond donors (Lipinski definition) is 2. The molecule has 1 aliphatic carbocycles. The molecule has 1 aromatic carbocycles. The van der Waals surface area contributed by atoms with Gasteiger partial charge < -0.3 is 15.0 Å². The summed E-state index contributed by atoms with van der Waals surface area (Å²) in [6.07, 6.45) is 3.80. The molecule has 2 N–H and O–H groups in total. The predicted molar refractivity (Wildman–Crippen MR) is 90.9 cm³/mol. The lowest BCUT2D eigenvalue weighted by atomic mass is 9.92. The molecule has 1 saturated carbocycles. The van der Waals surface area contributed by atoms with E-state index >= 15 is 0 Å². The predicted octanol–water partition coefficient (Wildman–Crippen LogP) is 2.11. The van der Waals surface area contributed by atoms with Gasteiger partial charge in [-0.3, -0.25) is 14.7 Å². The molecule has 0 unspecified atom stereocenters. The molecule has 7 nitrogen and oxygen atoms in total. The molecule has 2 amide bonds. The fourth-order valence-corrected chi connectivity index (χ4v) is 3.54. The van der Waals surface area contributed by atoms with Gasteiger partial charge in [-0.1, -0.05) is 12.1 Å². The van der Waals surface area contributed by atoms with Gasteiger partial charge in [-0.05, 0) is 30.5 Å². The fourth-order valence-electron chi connectivity index (χ4n) is 3.54. The van der Waals surface area contributed by atoms with E-state index in [1.807, 2.05) is 29.2 Å². The topological polar surface area (TPSA) is 87.3 Å². The SMILES string of the molecule is COc1cccc([C@H]2[C@@H](C(=O)Nc3ccn[nH]3)CC(=O)N2C2CC2)c1. The van der Waals surface area contributed by atoms with Crippen molar-refractivity contribution < 1.29 is 14.3 Å². The van der Waals surface area contributed by atoms with Crippen LogP contribution in [-0.2, 0) is 9.59 Å². The Hall–Kier alpha value is -2.83. The third-order valence-electron chi connectivity index (χ3n) is 4.83. The highest BCUT2D eigenvalue weighted by molar-refractivity contribution is 5.97. The molecule has 130 valence electrons. The lowest BCUT2D eigenvalue weighted by Crippen LogP contribution is -2.34. The Balaban J connectivity index is 1.66. The van der Waals surface area contributed by atoms with Gasteiger partial charge in [0, 0.05) is 18.5 Å². The number of methoxy groups -OCH3 is 1. The number of ether oxygens (including phenoxy) is 1. The number of likely N-dealkylation sites (tertiary alicyclic amines) is 1. The summed E-state index contributed by atoms with van der Waals surface area (Å²) >= 11 is 0. The van der Waals surface area contributed by atoms with E-state index in [-0.39, 0.29) is 30.3 Å². The zero-order valence-electron chi connectivity index (χ0n) is 13.9. The van der Waals surface area contributed by atoms with Gasteiger partial charge in [0.2, 0.25) is 11.8 Å². The van der Waals surface area contributed by atoms with Crippen LogP contribution in [0.2, 0.25) is 0 Å². The first-order valence-corrected chi connectivity index (χ1v) is 8.42. The summed E-state index contributed by atoms with van der Waals surface area (Å²) in [7, 11) is 1.61. The molecule has 25 heavy (non-hydrogen) atoms. The highest BCUT2D eigenvalue weighted by Gasteiger charge is 2.49. The lowest BCUT2D eigenvalue weighted by Gasteiger charge is -2.28. The third kappa shape index (κ3) is 2.97. The van der Waals surface area contributed by atoms with Crippen molar-refractivity contribution in [3.8, 4) is 5.75 Å². The number of nitrogens with one attached hydrogen (secondary N) is 2. The Morgan fingerprint density at radius 2 is 2.20 bits per heavy atom. The Morgan fingerprint density at radius 3 is 2.88 bits per heavy atom. The van der Waals surface area contributed by atoms with Crippen molar-refractivity contribution in [1.82, 2.24) is 15.1 Å². The first kappa shape index (κ1) is 15.7. The molecular weight excluding hydrogens is 320 g/mol. The minimum atomic E-state index is -0.441. The van der Waals surface area contributed by atoms with Gasteiger partial charge in [-0.25, -0.2) is 0 Å².